The Hall–Kier alpha value is -1.20. The Kier molecular flexibility index (Phi) is 8.90. The topological polar surface area (TPSA) is 63.2 Å². The highest BCUT2D eigenvalue weighted by atomic mass is 28.4. The van der Waals surface area contributed by atoms with Crippen LogP contribution < -0.4 is 4.74 Å². The van der Waals surface area contributed by atoms with E-state index in [0.717, 1.165) is 11.3 Å². The van der Waals surface area contributed by atoms with Gasteiger partial charge in [0.2, 0.25) is 0 Å². The first-order chi connectivity index (χ1) is 15.4. The molecule has 1 aliphatic heterocycles. The molecule has 1 saturated heterocycles. The molecule has 0 N–H and O–H groups in total. The minimum absolute atomic E-state index is 0.00316. The molecular weight excluding hydrogens is 464 g/mol. The van der Waals surface area contributed by atoms with Crippen molar-refractivity contribution in [3.05, 3.63) is 29.8 Å². The quantitative estimate of drug-likeness (QED) is 0.295. The van der Waals surface area contributed by atoms with Crippen molar-refractivity contribution in [2.75, 3.05) is 13.7 Å². The molecule has 194 valence electrons. The fourth-order valence-electron chi connectivity index (χ4n) is 3.41. The third kappa shape index (κ3) is 6.72. The fourth-order valence-corrected chi connectivity index (χ4v) is 5.74. The molecule has 1 aromatic carbocycles. The molecule has 1 heterocycles. The van der Waals surface area contributed by atoms with Crippen molar-refractivity contribution in [3.8, 4) is 5.75 Å². The van der Waals surface area contributed by atoms with Gasteiger partial charge in [-0.2, -0.15) is 0 Å². The van der Waals surface area contributed by atoms with Crippen LogP contribution in [0.2, 0.25) is 36.3 Å². The average molecular weight is 511 g/mol. The molecule has 0 bridgehead atoms. The van der Waals surface area contributed by atoms with E-state index in [9.17, 15) is 4.79 Å². The zero-order valence-corrected chi connectivity index (χ0v) is 25.3. The second-order valence-electron chi connectivity index (χ2n) is 12.4. The van der Waals surface area contributed by atoms with Crippen LogP contribution in [0, 0.1) is 0 Å². The molecule has 8 heteroatoms. The first kappa shape index (κ1) is 29.0. The van der Waals surface area contributed by atoms with Crippen LogP contribution in [0.3, 0.4) is 0 Å². The van der Waals surface area contributed by atoms with Crippen molar-refractivity contribution in [1.29, 1.82) is 0 Å². The average Bonchev–Trinajstić information content (AvgIpc) is 3.01. The van der Waals surface area contributed by atoms with Crippen LogP contribution in [0.25, 0.3) is 0 Å². The number of ether oxygens (including phenoxy) is 3. The zero-order chi connectivity index (χ0) is 26.1. The van der Waals surface area contributed by atoms with E-state index in [4.69, 9.17) is 23.1 Å². The highest BCUT2D eigenvalue weighted by Gasteiger charge is 2.53. The Balaban J connectivity index is 2.45. The number of carbonyl (C=O) groups is 1. The minimum Gasteiger partial charge on any atom is -0.497 e. The number of hydrogen-bond donors (Lipinski definition) is 0. The lowest BCUT2D eigenvalue weighted by Crippen LogP contribution is -2.51. The predicted molar refractivity (Wildman–Crippen MR) is 141 cm³/mol. The number of carbonyl (C=O) groups excluding carboxylic acids is 1. The van der Waals surface area contributed by atoms with Crippen molar-refractivity contribution < 1.29 is 27.9 Å². The second kappa shape index (κ2) is 10.4. The summed E-state index contributed by atoms with van der Waals surface area (Å²) in [6.45, 7) is 24.0. The number of methoxy groups -OCH3 is 1. The lowest BCUT2D eigenvalue weighted by atomic mass is 10.0. The highest BCUT2D eigenvalue weighted by molar-refractivity contribution is 6.74. The van der Waals surface area contributed by atoms with Crippen LogP contribution in [0.4, 0.5) is 0 Å². The monoisotopic (exact) mass is 510 g/mol. The first-order valence-corrected chi connectivity index (χ1v) is 18.0. The molecular formula is C26H46O6Si2. The molecule has 1 aromatic rings. The molecule has 1 fully saturated rings. The van der Waals surface area contributed by atoms with E-state index in [-0.39, 0.29) is 22.1 Å². The van der Waals surface area contributed by atoms with E-state index in [2.05, 4.69) is 67.7 Å². The molecule has 0 unspecified atom stereocenters. The third-order valence-corrected chi connectivity index (χ3v) is 16.7. The Bertz CT molecular complexity index is 823. The zero-order valence-electron chi connectivity index (χ0n) is 23.3. The van der Waals surface area contributed by atoms with Crippen LogP contribution in [-0.2, 0) is 23.1 Å². The predicted octanol–water partition coefficient (Wildman–Crippen LogP) is 6.48. The summed E-state index contributed by atoms with van der Waals surface area (Å²) in [5, 5.41) is 0.0723. The van der Waals surface area contributed by atoms with Crippen LogP contribution in [0.1, 0.15) is 60.1 Å². The molecule has 0 spiro atoms. The van der Waals surface area contributed by atoms with Crippen LogP contribution in [0.5, 0.6) is 5.75 Å². The molecule has 4 atom stereocenters. The standard InChI is InChI=1S/C26H46O6Si2/c1-18(27)30-24-22(19-13-15-20(28-8)16-14-19)31-21(17-29-33(9,10)25(2,3)4)23(24)32-34(11,12)26(5,6)7/h13-16,21-24H,17H2,1-12H3/t21-,22-,23-,24-/m1/s1. The smallest absolute Gasteiger partial charge is 0.303 e. The Morgan fingerprint density at radius 3 is 1.88 bits per heavy atom. The molecule has 6 nitrogen and oxygen atoms in total. The molecule has 1 aliphatic rings. The summed E-state index contributed by atoms with van der Waals surface area (Å²) in [7, 11) is -2.57. The number of hydrogen-bond acceptors (Lipinski definition) is 6. The first-order valence-electron chi connectivity index (χ1n) is 12.2. The van der Waals surface area contributed by atoms with Gasteiger partial charge in [-0.25, -0.2) is 0 Å². The van der Waals surface area contributed by atoms with Gasteiger partial charge in [-0.05, 0) is 54.0 Å². The third-order valence-electron chi connectivity index (χ3n) is 7.71. The Morgan fingerprint density at radius 1 is 0.912 bits per heavy atom. The van der Waals surface area contributed by atoms with Crippen molar-refractivity contribution in [2.24, 2.45) is 0 Å². The van der Waals surface area contributed by atoms with Gasteiger partial charge in [0.05, 0.1) is 13.7 Å². The molecule has 0 amide bonds. The molecule has 0 aliphatic carbocycles. The van der Waals surface area contributed by atoms with E-state index in [1.165, 1.54) is 6.92 Å². The van der Waals surface area contributed by atoms with Gasteiger partial charge in [0.15, 0.2) is 22.7 Å². The maximum absolute atomic E-state index is 12.2. The molecule has 0 aromatic heterocycles. The highest BCUT2D eigenvalue weighted by Crippen LogP contribution is 2.44. The van der Waals surface area contributed by atoms with E-state index in [0.29, 0.717) is 6.61 Å². The summed E-state index contributed by atoms with van der Waals surface area (Å²) in [6.07, 6.45) is -1.77. The lowest BCUT2D eigenvalue weighted by Gasteiger charge is -2.41. The van der Waals surface area contributed by atoms with E-state index in [1.807, 2.05) is 24.3 Å². The molecule has 2 rings (SSSR count). The van der Waals surface area contributed by atoms with Crippen LogP contribution in [-0.4, -0.2) is 54.6 Å². The van der Waals surface area contributed by atoms with E-state index >= 15 is 0 Å². The van der Waals surface area contributed by atoms with Gasteiger partial charge in [0.25, 0.3) is 0 Å². The lowest BCUT2D eigenvalue weighted by molar-refractivity contribution is -0.152. The summed E-state index contributed by atoms with van der Waals surface area (Å²) in [5.41, 5.74) is 0.922. The van der Waals surface area contributed by atoms with Gasteiger partial charge in [-0.3, -0.25) is 4.79 Å². The minimum atomic E-state index is -2.20. The van der Waals surface area contributed by atoms with E-state index in [1.54, 1.807) is 7.11 Å². The van der Waals surface area contributed by atoms with Crippen LogP contribution >= 0.6 is 0 Å². The summed E-state index contributed by atoms with van der Waals surface area (Å²) in [5.74, 6) is 0.416. The number of esters is 1. The Morgan fingerprint density at radius 2 is 1.44 bits per heavy atom. The number of rotatable bonds is 8. The normalized spacial score (nSPS) is 24.2. The maximum atomic E-state index is 12.2. The molecule has 34 heavy (non-hydrogen) atoms. The van der Waals surface area contributed by atoms with Crippen LogP contribution in [0.15, 0.2) is 24.3 Å². The van der Waals surface area contributed by atoms with Gasteiger partial charge in [-0.1, -0.05) is 53.7 Å². The number of benzene rings is 1. The SMILES string of the molecule is COc1ccc([C@H]2O[C@H](CO[Si](C)(C)C(C)(C)C)[C@@H](O[Si](C)(C)C(C)(C)C)[C@@H]2OC(C)=O)cc1. The van der Waals surface area contributed by atoms with E-state index < -0.39 is 34.9 Å². The summed E-state index contributed by atoms with van der Waals surface area (Å²) >= 11 is 0. The van der Waals surface area contributed by atoms with Crippen molar-refractivity contribution >= 4 is 22.6 Å². The fraction of sp³-hybridized carbons (Fsp3) is 0.731. The van der Waals surface area contributed by atoms with Crippen molar-refractivity contribution in [1.82, 2.24) is 0 Å². The Labute approximate surface area is 208 Å². The molecule has 0 saturated carbocycles. The second-order valence-corrected chi connectivity index (χ2v) is 21.9. The summed E-state index contributed by atoms with van der Waals surface area (Å²) in [4.78, 5) is 12.2. The summed E-state index contributed by atoms with van der Waals surface area (Å²) in [6, 6.07) is 7.71. The largest absolute Gasteiger partial charge is 0.497 e. The van der Waals surface area contributed by atoms with Gasteiger partial charge < -0.3 is 23.1 Å². The van der Waals surface area contributed by atoms with Crippen molar-refractivity contribution in [2.45, 2.75) is 109 Å². The van der Waals surface area contributed by atoms with Gasteiger partial charge in [0.1, 0.15) is 24.1 Å². The maximum Gasteiger partial charge on any atom is 0.303 e. The van der Waals surface area contributed by atoms with Gasteiger partial charge in [0, 0.05) is 6.92 Å². The molecule has 0 radical (unpaired) electrons. The van der Waals surface area contributed by atoms with Gasteiger partial charge >= 0.3 is 5.97 Å². The van der Waals surface area contributed by atoms with Gasteiger partial charge in [-0.15, -0.1) is 0 Å². The summed E-state index contributed by atoms with van der Waals surface area (Å²) < 4.78 is 31.3. The van der Waals surface area contributed by atoms with Crippen molar-refractivity contribution in [3.63, 3.8) is 0 Å².